The molecule has 0 radical (unpaired) electrons. The van der Waals surface area contributed by atoms with Gasteiger partial charge in [0.05, 0.1) is 18.7 Å². The highest BCUT2D eigenvalue weighted by molar-refractivity contribution is 5.91. The van der Waals surface area contributed by atoms with Gasteiger partial charge in [-0.25, -0.2) is 4.98 Å². The van der Waals surface area contributed by atoms with Crippen molar-refractivity contribution in [3.63, 3.8) is 0 Å². The fourth-order valence-electron chi connectivity index (χ4n) is 3.45. The standard InChI is InChI=1S/C18H29N5O2/c1-13(2)23(14(3)4)17(24)12-22-9-5-6-15(11-22)18(25)21-16-10-19-7-8-20-16/h7-8,10,13-15H,5-6,9,11-12H2,1-4H3,(H,20,21,25)/t15-/m1/s1. The summed E-state index contributed by atoms with van der Waals surface area (Å²) in [5.41, 5.74) is 0. The van der Waals surface area contributed by atoms with Crippen LogP contribution in [0.1, 0.15) is 40.5 Å². The van der Waals surface area contributed by atoms with Crippen LogP contribution < -0.4 is 5.32 Å². The third-order valence-corrected chi connectivity index (χ3v) is 4.45. The lowest BCUT2D eigenvalue weighted by atomic mass is 9.97. The number of hydrogen-bond donors (Lipinski definition) is 1. The molecule has 0 aromatic carbocycles. The van der Waals surface area contributed by atoms with Crippen LogP contribution in [0.15, 0.2) is 18.6 Å². The number of aromatic nitrogens is 2. The number of rotatable bonds is 6. The van der Waals surface area contributed by atoms with Crippen molar-refractivity contribution in [3.8, 4) is 0 Å². The Kier molecular flexibility index (Phi) is 6.87. The molecule has 0 unspecified atom stereocenters. The highest BCUT2D eigenvalue weighted by atomic mass is 16.2. The van der Waals surface area contributed by atoms with E-state index in [0.29, 0.717) is 18.9 Å². The fraction of sp³-hybridized carbons (Fsp3) is 0.667. The van der Waals surface area contributed by atoms with Crippen molar-refractivity contribution in [1.82, 2.24) is 19.8 Å². The van der Waals surface area contributed by atoms with Crippen molar-refractivity contribution in [2.45, 2.75) is 52.6 Å². The third-order valence-electron chi connectivity index (χ3n) is 4.45. The first-order valence-corrected chi connectivity index (χ1v) is 8.99. The summed E-state index contributed by atoms with van der Waals surface area (Å²) in [4.78, 5) is 37.1. The molecule has 2 heterocycles. The van der Waals surface area contributed by atoms with E-state index in [-0.39, 0.29) is 29.8 Å². The van der Waals surface area contributed by atoms with Crippen molar-refractivity contribution in [2.24, 2.45) is 5.92 Å². The van der Waals surface area contributed by atoms with E-state index in [1.165, 1.54) is 6.20 Å². The van der Waals surface area contributed by atoms with Crippen LogP contribution >= 0.6 is 0 Å². The molecule has 7 nitrogen and oxygen atoms in total. The van der Waals surface area contributed by atoms with Gasteiger partial charge < -0.3 is 10.2 Å². The molecule has 1 N–H and O–H groups in total. The lowest BCUT2D eigenvalue weighted by molar-refractivity contribution is -0.137. The molecule has 1 fully saturated rings. The average Bonchev–Trinajstić information content (AvgIpc) is 2.55. The smallest absolute Gasteiger partial charge is 0.237 e. The predicted octanol–water partition coefficient (Wildman–Crippen LogP) is 1.77. The Hall–Kier alpha value is -2.02. The zero-order valence-corrected chi connectivity index (χ0v) is 15.6. The summed E-state index contributed by atoms with van der Waals surface area (Å²) < 4.78 is 0. The molecule has 1 atom stereocenters. The molecule has 0 bridgehead atoms. The Morgan fingerprint density at radius 2 is 2.00 bits per heavy atom. The minimum atomic E-state index is -0.130. The minimum Gasteiger partial charge on any atom is -0.337 e. The van der Waals surface area contributed by atoms with E-state index in [1.54, 1.807) is 12.4 Å². The van der Waals surface area contributed by atoms with Crippen LogP contribution in [0.3, 0.4) is 0 Å². The van der Waals surface area contributed by atoms with Crippen LogP contribution in [0.25, 0.3) is 0 Å². The van der Waals surface area contributed by atoms with Crippen LogP contribution in [0.4, 0.5) is 5.82 Å². The Morgan fingerprint density at radius 3 is 2.60 bits per heavy atom. The van der Waals surface area contributed by atoms with E-state index in [4.69, 9.17) is 0 Å². The first-order chi connectivity index (χ1) is 11.9. The molecule has 138 valence electrons. The van der Waals surface area contributed by atoms with Gasteiger partial charge >= 0.3 is 0 Å². The summed E-state index contributed by atoms with van der Waals surface area (Å²) in [5.74, 6) is 0.406. The monoisotopic (exact) mass is 347 g/mol. The van der Waals surface area contributed by atoms with Crippen LogP contribution in [-0.4, -0.2) is 63.3 Å². The Balaban J connectivity index is 1.91. The molecule has 2 rings (SSSR count). The molecule has 25 heavy (non-hydrogen) atoms. The van der Waals surface area contributed by atoms with Crippen LogP contribution in [0.2, 0.25) is 0 Å². The summed E-state index contributed by atoms with van der Waals surface area (Å²) in [6.45, 7) is 9.95. The Labute approximate surface area is 149 Å². The summed E-state index contributed by atoms with van der Waals surface area (Å²) >= 11 is 0. The molecule has 1 aliphatic rings. The molecule has 2 amide bonds. The maximum atomic E-state index is 12.6. The molecule has 0 saturated carbocycles. The zero-order chi connectivity index (χ0) is 18.4. The molecular formula is C18H29N5O2. The van der Waals surface area contributed by atoms with Gasteiger partial charge in [-0.05, 0) is 47.1 Å². The largest absolute Gasteiger partial charge is 0.337 e. The van der Waals surface area contributed by atoms with E-state index in [2.05, 4.69) is 20.2 Å². The van der Waals surface area contributed by atoms with Gasteiger partial charge in [0.15, 0.2) is 5.82 Å². The van der Waals surface area contributed by atoms with E-state index in [1.807, 2.05) is 32.6 Å². The van der Waals surface area contributed by atoms with Gasteiger partial charge in [0, 0.05) is 31.0 Å². The van der Waals surface area contributed by atoms with Crippen LogP contribution in [0.5, 0.6) is 0 Å². The maximum absolute atomic E-state index is 12.6. The summed E-state index contributed by atoms with van der Waals surface area (Å²) in [6.07, 6.45) is 6.39. The number of carbonyl (C=O) groups excluding carboxylic acids is 2. The molecule has 1 saturated heterocycles. The van der Waals surface area contributed by atoms with Crippen molar-refractivity contribution >= 4 is 17.6 Å². The second-order valence-corrected chi connectivity index (χ2v) is 7.14. The topological polar surface area (TPSA) is 78.4 Å². The first kappa shape index (κ1) is 19.3. The van der Waals surface area contributed by atoms with Gasteiger partial charge in [0.25, 0.3) is 0 Å². The summed E-state index contributed by atoms with van der Waals surface area (Å²) in [5, 5.41) is 2.81. The Morgan fingerprint density at radius 1 is 1.28 bits per heavy atom. The number of likely N-dealkylation sites (tertiary alicyclic amines) is 1. The third kappa shape index (κ3) is 5.49. The first-order valence-electron chi connectivity index (χ1n) is 8.99. The predicted molar refractivity (Wildman–Crippen MR) is 96.9 cm³/mol. The van der Waals surface area contributed by atoms with Gasteiger partial charge in [0.1, 0.15) is 0 Å². The number of nitrogens with zero attached hydrogens (tertiary/aromatic N) is 4. The molecule has 1 aromatic rings. The highest BCUT2D eigenvalue weighted by Gasteiger charge is 2.29. The van der Waals surface area contributed by atoms with Gasteiger partial charge in [-0.3, -0.25) is 19.5 Å². The highest BCUT2D eigenvalue weighted by Crippen LogP contribution is 2.18. The number of nitrogens with one attached hydrogen (secondary N) is 1. The molecule has 1 aliphatic heterocycles. The van der Waals surface area contributed by atoms with E-state index >= 15 is 0 Å². The Bertz CT molecular complexity index is 568. The normalized spacial score (nSPS) is 18.4. The fourth-order valence-corrected chi connectivity index (χ4v) is 3.45. The summed E-state index contributed by atoms with van der Waals surface area (Å²) in [7, 11) is 0. The van der Waals surface area contributed by atoms with E-state index in [9.17, 15) is 9.59 Å². The van der Waals surface area contributed by atoms with Crippen LogP contribution in [-0.2, 0) is 9.59 Å². The number of amides is 2. The van der Waals surface area contributed by atoms with Gasteiger partial charge in [0.2, 0.25) is 11.8 Å². The summed E-state index contributed by atoms with van der Waals surface area (Å²) in [6, 6.07) is 0.348. The second-order valence-electron chi connectivity index (χ2n) is 7.14. The van der Waals surface area contributed by atoms with Gasteiger partial charge in [-0.15, -0.1) is 0 Å². The van der Waals surface area contributed by atoms with Crippen molar-refractivity contribution in [2.75, 3.05) is 25.0 Å². The molecule has 1 aromatic heterocycles. The lowest BCUT2D eigenvalue weighted by Crippen LogP contribution is -2.50. The quantitative estimate of drug-likeness (QED) is 0.848. The SMILES string of the molecule is CC(C)N(C(=O)CN1CCC[C@@H](C(=O)Nc2cnccn2)C1)C(C)C. The number of hydrogen-bond acceptors (Lipinski definition) is 5. The van der Waals surface area contributed by atoms with Gasteiger partial charge in [-0.2, -0.15) is 0 Å². The van der Waals surface area contributed by atoms with Crippen molar-refractivity contribution in [3.05, 3.63) is 18.6 Å². The van der Waals surface area contributed by atoms with E-state index in [0.717, 1.165) is 19.4 Å². The average molecular weight is 347 g/mol. The van der Waals surface area contributed by atoms with Crippen molar-refractivity contribution < 1.29 is 9.59 Å². The maximum Gasteiger partial charge on any atom is 0.237 e. The molecule has 7 heteroatoms. The van der Waals surface area contributed by atoms with Crippen molar-refractivity contribution in [1.29, 1.82) is 0 Å². The van der Waals surface area contributed by atoms with Crippen LogP contribution in [0, 0.1) is 5.92 Å². The molecule has 0 spiro atoms. The second kappa shape index (κ2) is 8.89. The number of anilines is 1. The zero-order valence-electron chi connectivity index (χ0n) is 15.6. The number of carbonyl (C=O) groups is 2. The lowest BCUT2D eigenvalue weighted by Gasteiger charge is -2.36. The number of piperidine rings is 1. The molecular weight excluding hydrogens is 318 g/mol. The van der Waals surface area contributed by atoms with Gasteiger partial charge in [-0.1, -0.05) is 0 Å². The molecule has 0 aliphatic carbocycles. The minimum absolute atomic E-state index is 0.0535. The van der Waals surface area contributed by atoms with E-state index < -0.39 is 0 Å².